The molecule has 1 unspecified atom stereocenters. The maximum Gasteiger partial charge on any atom is 0.226 e. The van der Waals surface area contributed by atoms with Gasteiger partial charge in [-0.15, -0.1) is 11.8 Å². The Bertz CT molecular complexity index is 1080. The van der Waals surface area contributed by atoms with Crippen LogP contribution in [-0.2, 0) is 9.53 Å². The summed E-state index contributed by atoms with van der Waals surface area (Å²) in [6, 6.07) is 6.92. The van der Waals surface area contributed by atoms with Crippen molar-refractivity contribution >= 4 is 50.9 Å². The molecule has 5 rings (SSSR count). The number of piperidine rings is 1. The molecule has 0 spiro atoms. The van der Waals surface area contributed by atoms with Crippen LogP contribution in [-0.4, -0.2) is 90.5 Å². The summed E-state index contributed by atoms with van der Waals surface area (Å²) >= 11 is 8.28. The van der Waals surface area contributed by atoms with Gasteiger partial charge < -0.3 is 24.8 Å². The van der Waals surface area contributed by atoms with Crippen molar-refractivity contribution in [2.75, 3.05) is 58.0 Å². The fourth-order valence-electron chi connectivity index (χ4n) is 5.37. The summed E-state index contributed by atoms with van der Waals surface area (Å²) in [4.78, 5) is 25.3. The van der Waals surface area contributed by atoms with Crippen LogP contribution in [0.15, 0.2) is 23.2 Å². The molecule has 35 heavy (non-hydrogen) atoms. The molecule has 2 atom stereocenters. The number of carbonyl (C=O) groups is 1. The quantitative estimate of drug-likeness (QED) is 0.567. The van der Waals surface area contributed by atoms with Crippen LogP contribution >= 0.6 is 23.4 Å². The molecule has 0 radical (unpaired) electrons. The highest BCUT2D eigenvalue weighted by Crippen LogP contribution is 2.33. The molecule has 0 aliphatic carbocycles. The van der Waals surface area contributed by atoms with Gasteiger partial charge in [-0.25, -0.2) is 0 Å². The number of hydrogen-bond acceptors (Lipinski definition) is 6. The van der Waals surface area contributed by atoms with Gasteiger partial charge in [-0.1, -0.05) is 11.6 Å². The minimum Gasteiger partial charge on any atom is -0.381 e. The number of ether oxygens (including phenoxy) is 1. The molecule has 2 N–H and O–H groups in total. The summed E-state index contributed by atoms with van der Waals surface area (Å²) in [5, 5.41) is 6.61. The molecule has 2 aromatic rings. The van der Waals surface area contributed by atoms with Crippen molar-refractivity contribution in [2.45, 2.75) is 44.2 Å². The number of anilines is 1. The van der Waals surface area contributed by atoms with E-state index in [1.807, 2.05) is 38.0 Å². The van der Waals surface area contributed by atoms with Crippen LogP contribution in [0.25, 0.3) is 10.9 Å². The number of aliphatic imine (C=N–C) groups is 1. The Morgan fingerprint density at radius 2 is 2.11 bits per heavy atom. The molecule has 0 saturated carbocycles. The number of aromatic amines is 1. The van der Waals surface area contributed by atoms with E-state index in [0.717, 1.165) is 103 Å². The molecular weight excluding hydrogens is 482 g/mol. The van der Waals surface area contributed by atoms with Crippen molar-refractivity contribution in [3.8, 4) is 0 Å². The molecule has 9 heteroatoms. The van der Waals surface area contributed by atoms with E-state index in [9.17, 15) is 4.79 Å². The molecule has 190 valence electrons. The number of benzene rings is 1. The van der Waals surface area contributed by atoms with Gasteiger partial charge in [0.1, 0.15) is 5.04 Å². The number of carbonyl (C=O) groups excluding carboxylic acids is 1. The number of nitrogens with one attached hydrogen (secondary N) is 2. The number of fused-ring (bicyclic) bond motifs is 1. The van der Waals surface area contributed by atoms with Gasteiger partial charge in [0.2, 0.25) is 5.91 Å². The molecule has 3 aliphatic heterocycles. The third-order valence-corrected chi connectivity index (χ3v) is 8.66. The number of rotatable bonds is 7. The molecule has 1 amide bonds. The normalized spacial score (nSPS) is 24.0. The first-order chi connectivity index (χ1) is 17.0. The molecule has 2 saturated heterocycles. The summed E-state index contributed by atoms with van der Waals surface area (Å²) in [6.07, 6.45) is 5.15. The van der Waals surface area contributed by atoms with Gasteiger partial charge in [0.25, 0.3) is 0 Å². The number of halogens is 1. The standard InChI is InChI=1S/C26H36ClN5O2S/c1-31(2)26(33)17-4-3-8-32(15-17)9-5-21-16-35-25(29-21)23-13-18-12-19(27)14-22(24(18)30-23)28-20-6-10-34-11-7-20/h12-14,17,20-21,28,30H,3-11,15-16H2,1-2H3/t17?,21-/m1/s1. The zero-order chi connectivity index (χ0) is 24.4. The van der Waals surface area contributed by atoms with Crippen molar-refractivity contribution in [1.82, 2.24) is 14.8 Å². The Labute approximate surface area is 217 Å². The SMILES string of the molecule is CN(C)C(=O)C1CCCN(CC[C@@H]2CSC(c3cc4cc(Cl)cc(NC5CCOCC5)c4[nH]3)=N2)C1. The van der Waals surface area contributed by atoms with Gasteiger partial charge in [-0.2, -0.15) is 0 Å². The van der Waals surface area contributed by atoms with Crippen LogP contribution in [0.3, 0.4) is 0 Å². The Balaban J connectivity index is 1.23. The summed E-state index contributed by atoms with van der Waals surface area (Å²) in [7, 11) is 3.71. The largest absolute Gasteiger partial charge is 0.381 e. The van der Waals surface area contributed by atoms with Gasteiger partial charge in [0, 0.05) is 62.6 Å². The second kappa shape index (κ2) is 11.1. The third kappa shape index (κ3) is 5.98. The molecule has 0 bridgehead atoms. The fraction of sp³-hybridized carbons (Fsp3) is 0.615. The highest BCUT2D eigenvalue weighted by molar-refractivity contribution is 8.14. The lowest BCUT2D eigenvalue weighted by atomic mass is 9.96. The average Bonchev–Trinajstić information content (AvgIpc) is 3.50. The molecule has 1 aromatic heterocycles. The van der Waals surface area contributed by atoms with Gasteiger partial charge in [0.05, 0.1) is 28.9 Å². The average molecular weight is 518 g/mol. The van der Waals surface area contributed by atoms with Crippen molar-refractivity contribution in [3.63, 3.8) is 0 Å². The Morgan fingerprint density at radius 3 is 2.91 bits per heavy atom. The van der Waals surface area contributed by atoms with Crippen LogP contribution in [0, 0.1) is 5.92 Å². The first-order valence-electron chi connectivity index (χ1n) is 12.8. The maximum atomic E-state index is 12.4. The highest BCUT2D eigenvalue weighted by Gasteiger charge is 2.28. The van der Waals surface area contributed by atoms with E-state index in [0.29, 0.717) is 12.1 Å². The van der Waals surface area contributed by atoms with Crippen molar-refractivity contribution in [3.05, 3.63) is 28.9 Å². The van der Waals surface area contributed by atoms with E-state index in [-0.39, 0.29) is 11.8 Å². The number of thioether (sulfide) groups is 1. The van der Waals surface area contributed by atoms with Crippen molar-refractivity contribution in [1.29, 1.82) is 0 Å². The number of aromatic nitrogens is 1. The first kappa shape index (κ1) is 24.9. The Kier molecular flexibility index (Phi) is 7.92. The molecule has 2 fully saturated rings. The smallest absolute Gasteiger partial charge is 0.226 e. The lowest BCUT2D eigenvalue weighted by Crippen LogP contribution is -2.43. The lowest BCUT2D eigenvalue weighted by molar-refractivity contribution is -0.134. The third-order valence-electron chi connectivity index (χ3n) is 7.29. The molecular formula is C26H36ClN5O2S. The monoisotopic (exact) mass is 517 g/mol. The number of amides is 1. The minimum absolute atomic E-state index is 0.137. The first-order valence-corrected chi connectivity index (χ1v) is 14.1. The predicted molar refractivity (Wildman–Crippen MR) is 146 cm³/mol. The summed E-state index contributed by atoms with van der Waals surface area (Å²) in [5.74, 6) is 1.40. The van der Waals surface area contributed by atoms with Crippen LogP contribution in [0.4, 0.5) is 5.69 Å². The van der Waals surface area contributed by atoms with Gasteiger partial charge in [0.15, 0.2) is 0 Å². The molecule has 7 nitrogen and oxygen atoms in total. The molecule has 1 aromatic carbocycles. The maximum absolute atomic E-state index is 12.4. The van der Waals surface area contributed by atoms with Crippen molar-refractivity contribution < 1.29 is 9.53 Å². The van der Waals surface area contributed by atoms with Crippen LogP contribution in [0.1, 0.15) is 37.8 Å². The number of H-pyrrole nitrogens is 1. The summed E-state index contributed by atoms with van der Waals surface area (Å²) in [5.41, 5.74) is 3.21. The second-order valence-electron chi connectivity index (χ2n) is 10.2. The minimum atomic E-state index is 0.137. The lowest BCUT2D eigenvalue weighted by Gasteiger charge is -2.33. The zero-order valence-electron chi connectivity index (χ0n) is 20.7. The highest BCUT2D eigenvalue weighted by atomic mass is 35.5. The van der Waals surface area contributed by atoms with Gasteiger partial charge in [-0.3, -0.25) is 9.79 Å². The topological polar surface area (TPSA) is 73.0 Å². The van der Waals surface area contributed by atoms with Crippen molar-refractivity contribution in [2.24, 2.45) is 10.9 Å². The van der Waals surface area contributed by atoms with Crippen LogP contribution < -0.4 is 5.32 Å². The van der Waals surface area contributed by atoms with E-state index in [1.165, 1.54) is 0 Å². The van der Waals surface area contributed by atoms with E-state index < -0.39 is 0 Å². The Morgan fingerprint density at radius 1 is 1.29 bits per heavy atom. The zero-order valence-corrected chi connectivity index (χ0v) is 22.3. The van der Waals surface area contributed by atoms with E-state index in [4.69, 9.17) is 21.3 Å². The molecule has 3 aliphatic rings. The predicted octanol–water partition coefficient (Wildman–Crippen LogP) is 4.46. The number of nitrogens with zero attached hydrogens (tertiary/aromatic N) is 3. The number of likely N-dealkylation sites (tertiary alicyclic amines) is 1. The van der Waals surface area contributed by atoms with Gasteiger partial charge in [-0.05, 0) is 56.8 Å². The van der Waals surface area contributed by atoms with E-state index in [2.05, 4.69) is 21.3 Å². The fourth-order valence-corrected chi connectivity index (χ4v) is 6.67. The Hall–Kier alpha value is -1.74. The summed E-state index contributed by atoms with van der Waals surface area (Å²) < 4.78 is 5.50. The van der Waals surface area contributed by atoms with Crippen LogP contribution in [0.5, 0.6) is 0 Å². The van der Waals surface area contributed by atoms with Crippen LogP contribution in [0.2, 0.25) is 5.02 Å². The van der Waals surface area contributed by atoms with E-state index in [1.54, 1.807) is 4.90 Å². The van der Waals surface area contributed by atoms with E-state index >= 15 is 0 Å². The van der Waals surface area contributed by atoms with Gasteiger partial charge >= 0.3 is 0 Å². The second-order valence-corrected chi connectivity index (χ2v) is 11.6. The molecule has 4 heterocycles. The number of hydrogen-bond donors (Lipinski definition) is 2. The summed E-state index contributed by atoms with van der Waals surface area (Å²) in [6.45, 7) is 4.56.